The van der Waals surface area contributed by atoms with Crippen LogP contribution in [0.3, 0.4) is 0 Å². The Morgan fingerprint density at radius 1 is 1.15 bits per heavy atom. The number of hydrogen-bond donors (Lipinski definition) is 1. The minimum Gasteiger partial charge on any atom is -0.378 e. The number of nitrogens with one attached hydrogen (secondary N) is 1. The molecule has 1 unspecified atom stereocenters. The molecule has 1 aliphatic rings. The van der Waals surface area contributed by atoms with Crippen LogP contribution in [0.4, 0.5) is 11.4 Å². The van der Waals surface area contributed by atoms with Crippen LogP contribution in [0.15, 0.2) is 54.6 Å². The number of anilines is 2. The van der Waals surface area contributed by atoms with E-state index in [1.807, 2.05) is 73.6 Å². The average molecular weight is 361 g/mol. The highest BCUT2D eigenvalue weighted by Gasteiger charge is 2.34. The van der Waals surface area contributed by atoms with E-state index >= 15 is 0 Å². The quantitative estimate of drug-likeness (QED) is 0.850. The molecular weight excluding hydrogens is 338 g/mol. The maximum atomic E-state index is 12.3. The standard InChI is InChI=1S/C22H23N3O2/c1-24(2)19-12-10-17(11-13-19)7-6-14-23-22(27)18-15-21(26)25(16-18)20-8-4-3-5-9-20/h3-5,8-13,18H,14-16H2,1-2H3,(H,23,27). The van der Waals surface area contributed by atoms with Crippen molar-refractivity contribution in [2.75, 3.05) is 37.0 Å². The van der Waals surface area contributed by atoms with E-state index in [9.17, 15) is 9.59 Å². The average Bonchev–Trinajstić information content (AvgIpc) is 3.08. The molecule has 2 amide bonds. The number of carbonyl (C=O) groups excluding carboxylic acids is 2. The molecule has 1 fully saturated rings. The molecule has 5 nitrogen and oxygen atoms in total. The fourth-order valence-electron chi connectivity index (χ4n) is 3.01. The molecule has 2 aromatic rings. The molecule has 0 aromatic heterocycles. The van der Waals surface area contributed by atoms with E-state index in [1.165, 1.54) is 0 Å². The molecule has 0 radical (unpaired) electrons. The Kier molecular flexibility index (Phi) is 5.77. The van der Waals surface area contributed by atoms with Crippen molar-refractivity contribution in [2.24, 2.45) is 5.92 Å². The second-order valence-electron chi connectivity index (χ2n) is 6.70. The van der Waals surface area contributed by atoms with Crippen LogP contribution in [0, 0.1) is 17.8 Å². The molecule has 138 valence electrons. The number of rotatable bonds is 4. The third kappa shape index (κ3) is 4.68. The number of amides is 2. The lowest BCUT2D eigenvalue weighted by atomic mass is 10.1. The Balaban J connectivity index is 1.51. The molecule has 0 aliphatic carbocycles. The van der Waals surface area contributed by atoms with Gasteiger partial charge in [-0.3, -0.25) is 9.59 Å². The zero-order valence-electron chi connectivity index (χ0n) is 15.6. The van der Waals surface area contributed by atoms with Gasteiger partial charge < -0.3 is 15.1 Å². The summed E-state index contributed by atoms with van der Waals surface area (Å²) in [6.07, 6.45) is 0.236. The van der Waals surface area contributed by atoms with Crippen molar-refractivity contribution < 1.29 is 9.59 Å². The molecule has 0 spiro atoms. The molecule has 1 heterocycles. The molecule has 0 saturated carbocycles. The molecular formula is C22H23N3O2. The summed E-state index contributed by atoms with van der Waals surface area (Å²) in [5, 5.41) is 2.82. The van der Waals surface area contributed by atoms with Crippen LogP contribution in [0.25, 0.3) is 0 Å². The van der Waals surface area contributed by atoms with Gasteiger partial charge in [-0.1, -0.05) is 30.0 Å². The van der Waals surface area contributed by atoms with Crippen molar-refractivity contribution >= 4 is 23.2 Å². The minimum atomic E-state index is -0.334. The highest BCUT2D eigenvalue weighted by Crippen LogP contribution is 2.24. The van der Waals surface area contributed by atoms with Gasteiger partial charge in [0.25, 0.3) is 0 Å². The van der Waals surface area contributed by atoms with Crippen molar-refractivity contribution in [1.29, 1.82) is 0 Å². The molecule has 0 bridgehead atoms. The number of benzene rings is 2. The predicted octanol–water partition coefficient (Wildman–Crippen LogP) is 2.27. The molecule has 2 aromatic carbocycles. The Bertz CT molecular complexity index is 864. The number of carbonyl (C=O) groups is 2. The second-order valence-corrected chi connectivity index (χ2v) is 6.70. The van der Waals surface area contributed by atoms with Crippen molar-refractivity contribution in [2.45, 2.75) is 6.42 Å². The Morgan fingerprint density at radius 2 is 1.85 bits per heavy atom. The van der Waals surface area contributed by atoms with Gasteiger partial charge in [-0.15, -0.1) is 0 Å². The smallest absolute Gasteiger partial charge is 0.227 e. The summed E-state index contributed by atoms with van der Waals surface area (Å²) in [5.74, 6) is 5.52. The summed E-state index contributed by atoms with van der Waals surface area (Å²) in [7, 11) is 3.98. The topological polar surface area (TPSA) is 52.7 Å². The zero-order valence-corrected chi connectivity index (χ0v) is 15.6. The summed E-state index contributed by atoms with van der Waals surface area (Å²) in [4.78, 5) is 28.2. The lowest BCUT2D eigenvalue weighted by Gasteiger charge is -2.16. The fraction of sp³-hybridized carbons (Fsp3) is 0.273. The van der Waals surface area contributed by atoms with Crippen molar-refractivity contribution in [3.63, 3.8) is 0 Å². The van der Waals surface area contributed by atoms with E-state index in [0.29, 0.717) is 6.54 Å². The van der Waals surface area contributed by atoms with Crippen LogP contribution in [0.5, 0.6) is 0 Å². The lowest BCUT2D eigenvalue weighted by Crippen LogP contribution is -2.33. The first-order chi connectivity index (χ1) is 13.0. The normalized spacial score (nSPS) is 15.9. The first-order valence-electron chi connectivity index (χ1n) is 8.94. The molecule has 1 aliphatic heterocycles. The van der Waals surface area contributed by atoms with Gasteiger partial charge in [0.05, 0.1) is 12.5 Å². The van der Waals surface area contributed by atoms with E-state index in [4.69, 9.17) is 0 Å². The van der Waals surface area contributed by atoms with Crippen LogP contribution in [-0.2, 0) is 9.59 Å². The van der Waals surface area contributed by atoms with Gasteiger partial charge in [-0.2, -0.15) is 0 Å². The van der Waals surface area contributed by atoms with Gasteiger partial charge in [0.2, 0.25) is 11.8 Å². The number of nitrogens with zero attached hydrogens (tertiary/aromatic N) is 2. The molecule has 3 rings (SSSR count). The van der Waals surface area contributed by atoms with E-state index < -0.39 is 0 Å². The van der Waals surface area contributed by atoms with Gasteiger partial charge in [-0.25, -0.2) is 0 Å². The first-order valence-corrected chi connectivity index (χ1v) is 8.94. The van der Waals surface area contributed by atoms with Crippen LogP contribution in [-0.4, -0.2) is 39.0 Å². The Hall–Kier alpha value is -3.26. The van der Waals surface area contributed by atoms with Gasteiger partial charge in [0, 0.05) is 44.0 Å². The summed E-state index contributed by atoms with van der Waals surface area (Å²) >= 11 is 0. The molecule has 1 N–H and O–H groups in total. The van der Waals surface area contributed by atoms with Gasteiger partial charge in [-0.05, 0) is 36.4 Å². The predicted molar refractivity (Wildman–Crippen MR) is 108 cm³/mol. The second kappa shape index (κ2) is 8.41. The highest BCUT2D eigenvalue weighted by atomic mass is 16.2. The largest absolute Gasteiger partial charge is 0.378 e. The van der Waals surface area contributed by atoms with Crippen LogP contribution in [0.2, 0.25) is 0 Å². The summed E-state index contributed by atoms with van der Waals surface area (Å²) in [6.45, 7) is 0.679. The molecule has 1 atom stereocenters. The van der Waals surface area contributed by atoms with E-state index in [2.05, 4.69) is 17.2 Å². The highest BCUT2D eigenvalue weighted by molar-refractivity contribution is 6.00. The summed E-state index contributed by atoms with van der Waals surface area (Å²) < 4.78 is 0. The Morgan fingerprint density at radius 3 is 2.52 bits per heavy atom. The monoisotopic (exact) mass is 361 g/mol. The van der Waals surface area contributed by atoms with Gasteiger partial charge in [0.15, 0.2) is 0 Å². The first kappa shape index (κ1) is 18.5. The Labute approximate surface area is 160 Å². The third-order valence-corrected chi connectivity index (χ3v) is 4.53. The third-order valence-electron chi connectivity index (χ3n) is 4.53. The van der Waals surface area contributed by atoms with E-state index in [-0.39, 0.29) is 30.7 Å². The van der Waals surface area contributed by atoms with Crippen molar-refractivity contribution in [3.8, 4) is 11.8 Å². The molecule has 5 heteroatoms. The summed E-state index contributed by atoms with van der Waals surface area (Å²) in [6, 6.07) is 17.4. The summed E-state index contributed by atoms with van der Waals surface area (Å²) in [5.41, 5.74) is 2.85. The number of hydrogen-bond acceptors (Lipinski definition) is 3. The number of para-hydroxylation sites is 1. The SMILES string of the molecule is CN(C)c1ccc(C#CCNC(=O)C2CC(=O)N(c3ccccc3)C2)cc1. The van der Waals surface area contributed by atoms with Crippen molar-refractivity contribution in [3.05, 3.63) is 60.2 Å². The fourth-order valence-corrected chi connectivity index (χ4v) is 3.01. The molecule has 27 heavy (non-hydrogen) atoms. The maximum absolute atomic E-state index is 12.3. The van der Waals surface area contributed by atoms with E-state index in [1.54, 1.807) is 4.90 Å². The molecule has 1 saturated heterocycles. The van der Waals surface area contributed by atoms with Crippen LogP contribution >= 0.6 is 0 Å². The van der Waals surface area contributed by atoms with Crippen LogP contribution in [0.1, 0.15) is 12.0 Å². The van der Waals surface area contributed by atoms with E-state index in [0.717, 1.165) is 16.9 Å². The lowest BCUT2D eigenvalue weighted by molar-refractivity contribution is -0.126. The van der Waals surface area contributed by atoms with Gasteiger partial charge in [0.1, 0.15) is 0 Å². The van der Waals surface area contributed by atoms with Crippen molar-refractivity contribution in [1.82, 2.24) is 5.32 Å². The zero-order chi connectivity index (χ0) is 19.2. The minimum absolute atomic E-state index is 0.0200. The van der Waals surface area contributed by atoms with Crippen LogP contribution < -0.4 is 15.1 Å². The maximum Gasteiger partial charge on any atom is 0.227 e. The van der Waals surface area contributed by atoms with Gasteiger partial charge >= 0.3 is 0 Å².